The molecule has 2 N–H and O–H groups in total. The van der Waals surface area contributed by atoms with Gasteiger partial charge in [-0.05, 0) is 37.0 Å². The fourth-order valence-electron chi connectivity index (χ4n) is 2.04. The van der Waals surface area contributed by atoms with Crippen molar-refractivity contribution in [1.82, 2.24) is 0 Å². The Bertz CT molecular complexity index is 418. The highest BCUT2D eigenvalue weighted by atomic mass is 16.5. The summed E-state index contributed by atoms with van der Waals surface area (Å²) in [6.07, 6.45) is 3.20. The molecule has 1 aliphatic heterocycles. The van der Waals surface area contributed by atoms with Gasteiger partial charge in [-0.1, -0.05) is 13.0 Å². The lowest BCUT2D eigenvalue weighted by Gasteiger charge is -2.18. The lowest BCUT2D eigenvalue weighted by Crippen LogP contribution is -2.19. The summed E-state index contributed by atoms with van der Waals surface area (Å²) in [6.45, 7) is 3.77. The minimum atomic E-state index is -0.0980. The molecule has 0 saturated heterocycles. The van der Waals surface area contributed by atoms with Crippen molar-refractivity contribution in [1.29, 1.82) is 0 Å². The van der Waals surface area contributed by atoms with Gasteiger partial charge in [0.2, 0.25) is 5.91 Å². The van der Waals surface area contributed by atoms with Gasteiger partial charge >= 0.3 is 0 Å². The summed E-state index contributed by atoms with van der Waals surface area (Å²) in [6, 6.07) is 6.01. The molecule has 2 rings (SSSR count). The quantitative estimate of drug-likeness (QED) is 0.787. The van der Waals surface area contributed by atoms with Crippen LogP contribution in [0.5, 0.6) is 0 Å². The van der Waals surface area contributed by atoms with Gasteiger partial charge in [-0.2, -0.15) is 0 Å². The van der Waals surface area contributed by atoms with Gasteiger partial charge < -0.3 is 15.4 Å². The monoisotopic (exact) mass is 248 g/mol. The highest BCUT2D eigenvalue weighted by Crippen LogP contribution is 2.25. The summed E-state index contributed by atoms with van der Waals surface area (Å²) in [5, 5.41) is 6.19. The van der Waals surface area contributed by atoms with Gasteiger partial charge in [-0.3, -0.25) is 4.79 Å². The molecule has 1 amide bonds. The van der Waals surface area contributed by atoms with E-state index in [1.54, 1.807) is 0 Å². The maximum absolute atomic E-state index is 11.6. The van der Waals surface area contributed by atoms with Crippen molar-refractivity contribution in [3.8, 4) is 0 Å². The Balaban J connectivity index is 1.91. The largest absolute Gasteiger partial charge is 0.385 e. The van der Waals surface area contributed by atoms with E-state index in [2.05, 4.69) is 16.7 Å². The Hall–Kier alpha value is -1.55. The van der Waals surface area contributed by atoms with Gasteiger partial charge in [0, 0.05) is 24.5 Å². The summed E-state index contributed by atoms with van der Waals surface area (Å²) in [4.78, 5) is 11.6. The summed E-state index contributed by atoms with van der Waals surface area (Å²) in [7, 11) is 0. The zero-order valence-electron chi connectivity index (χ0n) is 10.8. The van der Waals surface area contributed by atoms with Gasteiger partial charge in [0.05, 0.1) is 0 Å². The fraction of sp³-hybridized carbons (Fsp3) is 0.500. The second-order valence-electron chi connectivity index (χ2n) is 4.50. The summed E-state index contributed by atoms with van der Waals surface area (Å²) in [5.74, 6) is -0.0980. The molecule has 1 aromatic carbocycles. The van der Waals surface area contributed by atoms with Crippen LogP contribution in [0, 0.1) is 0 Å². The molecular weight excluding hydrogens is 228 g/mol. The molecule has 98 valence electrons. The second kappa shape index (κ2) is 6.40. The van der Waals surface area contributed by atoms with E-state index < -0.39 is 0 Å². The number of fused-ring (bicyclic) bond motifs is 1. The number of carbonyl (C=O) groups is 1. The van der Waals surface area contributed by atoms with E-state index in [0.717, 1.165) is 30.8 Å². The molecule has 18 heavy (non-hydrogen) atoms. The number of amides is 1. The molecule has 1 heterocycles. The Kier molecular flexibility index (Phi) is 4.59. The number of aryl methyl sites for hydroxylation is 1. The zero-order valence-corrected chi connectivity index (χ0v) is 10.8. The van der Waals surface area contributed by atoms with Crippen LogP contribution in [-0.2, 0) is 16.0 Å². The first-order valence-electron chi connectivity index (χ1n) is 6.54. The fourth-order valence-corrected chi connectivity index (χ4v) is 2.04. The highest BCUT2D eigenvalue weighted by Gasteiger charge is 2.09. The Morgan fingerprint density at radius 2 is 2.39 bits per heavy atom. The number of nitrogens with one attached hydrogen (secondary N) is 2. The van der Waals surface area contributed by atoms with E-state index >= 15 is 0 Å². The molecule has 0 bridgehead atoms. The van der Waals surface area contributed by atoms with Gasteiger partial charge in [0.25, 0.3) is 0 Å². The minimum Gasteiger partial charge on any atom is -0.385 e. The van der Waals surface area contributed by atoms with Crippen LogP contribution in [0.4, 0.5) is 11.4 Å². The highest BCUT2D eigenvalue weighted by molar-refractivity contribution is 5.92. The molecule has 4 nitrogen and oxygen atoms in total. The first-order valence-corrected chi connectivity index (χ1v) is 6.54. The second-order valence-corrected chi connectivity index (χ2v) is 4.50. The molecule has 1 aromatic rings. The number of ether oxygens (including phenoxy) is 1. The van der Waals surface area contributed by atoms with Gasteiger partial charge in [0.15, 0.2) is 0 Å². The Morgan fingerprint density at radius 3 is 3.22 bits per heavy atom. The third kappa shape index (κ3) is 3.47. The van der Waals surface area contributed by atoms with Gasteiger partial charge in [-0.25, -0.2) is 0 Å². The van der Waals surface area contributed by atoms with Crippen molar-refractivity contribution in [3.63, 3.8) is 0 Å². The molecule has 0 aromatic heterocycles. The number of hydrogen-bond acceptors (Lipinski definition) is 3. The van der Waals surface area contributed by atoms with E-state index in [4.69, 9.17) is 4.74 Å². The lowest BCUT2D eigenvalue weighted by molar-refractivity contribution is -0.120. The van der Waals surface area contributed by atoms with Crippen molar-refractivity contribution in [2.75, 3.05) is 30.4 Å². The smallest absolute Gasteiger partial charge is 0.250 e. The number of hydrogen-bond donors (Lipinski definition) is 2. The number of carbonyl (C=O) groups excluding carboxylic acids is 1. The van der Waals surface area contributed by atoms with E-state index in [0.29, 0.717) is 6.61 Å². The van der Waals surface area contributed by atoms with Crippen LogP contribution in [0.3, 0.4) is 0 Å². The number of anilines is 2. The zero-order chi connectivity index (χ0) is 12.8. The molecular formula is C14H20N2O2. The van der Waals surface area contributed by atoms with E-state index in [1.165, 1.54) is 12.0 Å². The van der Waals surface area contributed by atoms with Gasteiger partial charge in [-0.15, -0.1) is 0 Å². The first-order chi connectivity index (χ1) is 8.79. The predicted octanol–water partition coefficient (Wildman–Crippen LogP) is 2.41. The molecule has 0 spiro atoms. The number of benzene rings is 1. The van der Waals surface area contributed by atoms with Crippen LogP contribution in [-0.4, -0.2) is 25.7 Å². The van der Waals surface area contributed by atoms with Crippen molar-refractivity contribution >= 4 is 17.3 Å². The lowest BCUT2D eigenvalue weighted by atomic mass is 10.0. The van der Waals surface area contributed by atoms with Crippen molar-refractivity contribution < 1.29 is 9.53 Å². The van der Waals surface area contributed by atoms with Crippen LogP contribution >= 0.6 is 0 Å². The van der Waals surface area contributed by atoms with Crippen LogP contribution in [0.25, 0.3) is 0 Å². The van der Waals surface area contributed by atoms with Crippen LogP contribution < -0.4 is 10.6 Å². The standard InChI is InChI=1S/C14H20N2O2/c1-2-8-18-10-14(17)16-12-6-5-11-4-3-7-15-13(11)9-12/h5-6,9,15H,2-4,7-8,10H2,1H3,(H,16,17). The van der Waals surface area contributed by atoms with E-state index in [-0.39, 0.29) is 12.5 Å². The maximum Gasteiger partial charge on any atom is 0.250 e. The average molecular weight is 248 g/mol. The molecule has 0 saturated carbocycles. The van der Waals surface area contributed by atoms with Gasteiger partial charge in [0.1, 0.15) is 6.61 Å². The summed E-state index contributed by atoms with van der Waals surface area (Å²) in [5.41, 5.74) is 3.28. The van der Waals surface area contributed by atoms with E-state index in [1.807, 2.05) is 19.1 Å². The van der Waals surface area contributed by atoms with E-state index in [9.17, 15) is 4.79 Å². The maximum atomic E-state index is 11.6. The predicted molar refractivity (Wildman–Crippen MR) is 73.0 cm³/mol. The Labute approximate surface area is 108 Å². The molecule has 0 fully saturated rings. The number of rotatable bonds is 5. The molecule has 0 unspecified atom stereocenters. The van der Waals surface area contributed by atoms with Crippen LogP contribution in [0.1, 0.15) is 25.3 Å². The molecule has 0 atom stereocenters. The Morgan fingerprint density at radius 1 is 1.50 bits per heavy atom. The first kappa shape index (κ1) is 12.9. The van der Waals surface area contributed by atoms with Crippen LogP contribution in [0.15, 0.2) is 18.2 Å². The molecule has 4 heteroatoms. The summed E-state index contributed by atoms with van der Waals surface area (Å²) >= 11 is 0. The average Bonchev–Trinajstić information content (AvgIpc) is 2.39. The molecule has 0 aliphatic carbocycles. The summed E-state index contributed by atoms with van der Waals surface area (Å²) < 4.78 is 5.20. The van der Waals surface area contributed by atoms with Crippen LogP contribution in [0.2, 0.25) is 0 Å². The molecule has 0 radical (unpaired) electrons. The normalized spacial score (nSPS) is 13.6. The van der Waals surface area contributed by atoms with Crippen molar-refractivity contribution in [2.45, 2.75) is 26.2 Å². The van der Waals surface area contributed by atoms with Crippen molar-refractivity contribution in [3.05, 3.63) is 23.8 Å². The third-order valence-corrected chi connectivity index (χ3v) is 2.91. The topological polar surface area (TPSA) is 50.4 Å². The third-order valence-electron chi connectivity index (χ3n) is 2.91. The molecule has 1 aliphatic rings. The van der Waals surface area contributed by atoms with Crippen molar-refractivity contribution in [2.24, 2.45) is 0 Å². The SMILES string of the molecule is CCCOCC(=O)Nc1ccc2c(c1)NCCC2. The minimum absolute atomic E-state index is 0.0980.